The molecule has 0 radical (unpaired) electrons. The third kappa shape index (κ3) is 6.85. The Morgan fingerprint density at radius 2 is 1.65 bits per heavy atom. The fourth-order valence-corrected chi connectivity index (χ4v) is 4.79. The lowest BCUT2D eigenvalue weighted by Gasteiger charge is -2.18. The first-order valence-corrected chi connectivity index (χ1v) is 12.9. The number of hydrogen-bond acceptors (Lipinski definition) is 7. The van der Waals surface area contributed by atoms with E-state index in [0.717, 1.165) is 11.6 Å². The second kappa shape index (κ2) is 11.9. The molecular weight excluding hydrogens is 520 g/mol. The van der Waals surface area contributed by atoms with Crippen molar-refractivity contribution in [3.63, 3.8) is 0 Å². The molecule has 37 heavy (non-hydrogen) atoms. The Morgan fingerprint density at radius 1 is 1.00 bits per heavy atom. The van der Waals surface area contributed by atoms with E-state index in [9.17, 15) is 28.3 Å². The molecule has 0 aromatic heterocycles. The standard InChI is InChI=1S/C25H25ClN4O6S/c1-3-19(30-37(35,36)17-7-5-4-6-8-17)24(32)27-20-14-22(31)21(13-18(20)26)28-25(33)23(29-34)16-11-9-15(2)10-12-16/h4-14,19,30-31,34H,3H2,1-2H3,(H,27,32)(H,28,33)/b29-23+. The van der Waals surface area contributed by atoms with Crippen molar-refractivity contribution in [1.29, 1.82) is 0 Å². The van der Waals surface area contributed by atoms with E-state index in [0.29, 0.717) is 5.56 Å². The topological polar surface area (TPSA) is 157 Å². The zero-order valence-corrected chi connectivity index (χ0v) is 21.5. The van der Waals surface area contributed by atoms with Crippen molar-refractivity contribution in [1.82, 2.24) is 4.72 Å². The fourth-order valence-electron chi connectivity index (χ4n) is 3.28. The maximum absolute atomic E-state index is 12.8. The molecular formula is C25H25ClN4O6S. The molecule has 0 saturated carbocycles. The Labute approximate surface area is 219 Å². The smallest absolute Gasteiger partial charge is 0.278 e. The fraction of sp³-hybridized carbons (Fsp3) is 0.160. The van der Waals surface area contributed by atoms with Gasteiger partial charge in [-0.15, -0.1) is 0 Å². The van der Waals surface area contributed by atoms with Gasteiger partial charge in [-0.2, -0.15) is 4.72 Å². The van der Waals surface area contributed by atoms with Gasteiger partial charge in [0.1, 0.15) is 11.8 Å². The number of nitrogens with one attached hydrogen (secondary N) is 3. The van der Waals surface area contributed by atoms with Crippen LogP contribution in [0.25, 0.3) is 0 Å². The van der Waals surface area contributed by atoms with Crippen LogP contribution in [0.4, 0.5) is 11.4 Å². The molecule has 3 aromatic rings. The molecule has 0 fully saturated rings. The van der Waals surface area contributed by atoms with E-state index in [1.54, 1.807) is 49.4 Å². The Hall–Kier alpha value is -3.93. The Kier molecular flexibility index (Phi) is 8.87. The molecule has 194 valence electrons. The molecule has 0 aliphatic carbocycles. The third-order valence-corrected chi connectivity index (χ3v) is 7.11. The van der Waals surface area contributed by atoms with Crippen LogP contribution in [0.15, 0.2) is 76.8 Å². The van der Waals surface area contributed by atoms with Crippen molar-refractivity contribution in [2.75, 3.05) is 10.6 Å². The van der Waals surface area contributed by atoms with Crippen LogP contribution in [0.2, 0.25) is 5.02 Å². The van der Waals surface area contributed by atoms with Gasteiger partial charge in [0.15, 0.2) is 5.71 Å². The molecule has 3 aromatic carbocycles. The predicted molar refractivity (Wildman–Crippen MR) is 141 cm³/mol. The maximum atomic E-state index is 12.8. The van der Waals surface area contributed by atoms with Gasteiger partial charge in [-0.05, 0) is 31.5 Å². The van der Waals surface area contributed by atoms with Gasteiger partial charge in [0, 0.05) is 11.6 Å². The van der Waals surface area contributed by atoms with E-state index in [1.165, 1.54) is 18.2 Å². The summed E-state index contributed by atoms with van der Waals surface area (Å²) in [6.07, 6.45) is 0.137. The number of nitrogens with zero attached hydrogens (tertiary/aromatic N) is 1. The number of anilines is 2. The molecule has 10 nitrogen and oxygen atoms in total. The van der Waals surface area contributed by atoms with Crippen LogP contribution in [-0.4, -0.2) is 42.3 Å². The minimum Gasteiger partial charge on any atom is -0.506 e. The SMILES string of the molecule is CCC(NS(=O)(=O)c1ccccc1)C(=O)Nc1cc(O)c(NC(=O)/C(=N/O)c2ccc(C)cc2)cc1Cl. The summed E-state index contributed by atoms with van der Waals surface area (Å²) in [6.45, 7) is 3.49. The van der Waals surface area contributed by atoms with Crippen LogP contribution in [-0.2, 0) is 19.6 Å². The number of phenolic OH excluding ortho intramolecular Hbond substituents is 1. The van der Waals surface area contributed by atoms with Crippen molar-refractivity contribution in [3.8, 4) is 5.75 Å². The Bertz CT molecular complexity index is 1430. The summed E-state index contributed by atoms with van der Waals surface area (Å²) in [6, 6.07) is 15.5. The number of benzene rings is 3. The molecule has 1 atom stereocenters. The van der Waals surface area contributed by atoms with Crippen molar-refractivity contribution >= 4 is 50.5 Å². The average molecular weight is 545 g/mol. The monoisotopic (exact) mass is 544 g/mol. The number of aryl methyl sites for hydroxylation is 1. The summed E-state index contributed by atoms with van der Waals surface area (Å²) in [7, 11) is -3.96. The first-order valence-electron chi connectivity index (χ1n) is 11.1. The third-order valence-electron chi connectivity index (χ3n) is 5.31. The van der Waals surface area contributed by atoms with Crippen LogP contribution < -0.4 is 15.4 Å². The van der Waals surface area contributed by atoms with E-state index < -0.39 is 33.6 Å². The number of carbonyl (C=O) groups is 2. The zero-order valence-electron chi connectivity index (χ0n) is 19.9. The number of rotatable bonds is 9. The van der Waals surface area contributed by atoms with Gasteiger partial charge in [-0.1, -0.05) is 71.7 Å². The van der Waals surface area contributed by atoms with Gasteiger partial charge in [-0.25, -0.2) is 8.42 Å². The van der Waals surface area contributed by atoms with Gasteiger partial charge in [-0.3, -0.25) is 9.59 Å². The molecule has 0 bridgehead atoms. The molecule has 0 saturated heterocycles. The van der Waals surface area contributed by atoms with Crippen molar-refractivity contribution in [2.45, 2.75) is 31.2 Å². The van der Waals surface area contributed by atoms with Gasteiger partial charge in [0.25, 0.3) is 5.91 Å². The Balaban J connectivity index is 1.74. The number of amides is 2. The summed E-state index contributed by atoms with van der Waals surface area (Å²) in [5, 5.41) is 27.7. The van der Waals surface area contributed by atoms with Crippen molar-refractivity contribution in [2.24, 2.45) is 5.16 Å². The van der Waals surface area contributed by atoms with Crippen LogP contribution in [0.3, 0.4) is 0 Å². The summed E-state index contributed by atoms with van der Waals surface area (Å²) >= 11 is 6.26. The number of hydrogen-bond donors (Lipinski definition) is 5. The molecule has 0 heterocycles. The van der Waals surface area contributed by atoms with Gasteiger partial charge < -0.3 is 20.9 Å². The number of halogens is 1. The lowest BCUT2D eigenvalue weighted by atomic mass is 10.1. The van der Waals surface area contributed by atoms with Crippen LogP contribution in [0.1, 0.15) is 24.5 Å². The van der Waals surface area contributed by atoms with E-state index >= 15 is 0 Å². The van der Waals surface area contributed by atoms with Crippen LogP contribution in [0, 0.1) is 6.92 Å². The highest BCUT2D eigenvalue weighted by Crippen LogP contribution is 2.34. The molecule has 12 heteroatoms. The van der Waals surface area contributed by atoms with E-state index in [4.69, 9.17) is 11.6 Å². The average Bonchev–Trinajstić information content (AvgIpc) is 2.87. The first-order chi connectivity index (χ1) is 17.6. The summed E-state index contributed by atoms with van der Waals surface area (Å²) in [5.74, 6) is -1.95. The minimum atomic E-state index is -3.96. The second-order valence-corrected chi connectivity index (χ2v) is 10.1. The zero-order chi connectivity index (χ0) is 27.2. The number of phenols is 1. The molecule has 0 aliphatic rings. The first kappa shape index (κ1) is 27.7. The normalized spacial score (nSPS) is 12.6. The van der Waals surface area contributed by atoms with E-state index in [-0.39, 0.29) is 33.4 Å². The summed E-state index contributed by atoms with van der Waals surface area (Å²) in [5.41, 5.74) is 0.905. The molecule has 1 unspecified atom stereocenters. The molecule has 2 amide bonds. The van der Waals surface area contributed by atoms with E-state index in [2.05, 4.69) is 20.5 Å². The number of aromatic hydroxyl groups is 1. The van der Waals surface area contributed by atoms with Crippen LogP contribution >= 0.6 is 11.6 Å². The number of sulfonamides is 1. The van der Waals surface area contributed by atoms with E-state index in [1.807, 2.05) is 6.92 Å². The Morgan fingerprint density at radius 3 is 2.24 bits per heavy atom. The largest absolute Gasteiger partial charge is 0.506 e. The highest BCUT2D eigenvalue weighted by molar-refractivity contribution is 7.89. The number of carbonyl (C=O) groups excluding carboxylic acids is 2. The predicted octanol–water partition coefficient (Wildman–Crippen LogP) is 3.87. The second-order valence-electron chi connectivity index (χ2n) is 8.00. The lowest BCUT2D eigenvalue weighted by Crippen LogP contribution is -2.43. The molecule has 0 spiro atoms. The lowest BCUT2D eigenvalue weighted by molar-refractivity contribution is -0.117. The highest BCUT2D eigenvalue weighted by Gasteiger charge is 2.25. The number of oxime groups is 1. The van der Waals surface area contributed by atoms with Gasteiger partial charge in [0.2, 0.25) is 15.9 Å². The van der Waals surface area contributed by atoms with Gasteiger partial charge in [0.05, 0.1) is 21.3 Å². The van der Waals surface area contributed by atoms with Crippen LogP contribution in [0.5, 0.6) is 5.75 Å². The maximum Gasteiger partial charge on any atom is 0.278 e. The quantitative estimate of drug-likeness (QED) is 0.119. The highest BCUT2D eigenvalue weighted by atomic mass is 35.5. The summed E-state index contributed by atoms with van der Waals surface area (Å²) in [4.78, 5) is 25.4. The van der Waals surface area contributed by atoms with Crippen molar-refractivity contribution in [3.05, 3.63) is 82.9 Å². The molecule has 3 rings (SSSR count). The molecule has 5 N–H and O–H groups in total. The van der Waals surface area contributed by atoms with Crippen molar-refractivity contribution < 1.29 is 28.3 Å². The van der Waals surface area contributed by atoms with Gasteiger partial charge >= 0.3 is 0 Å². The minimum absolute atomic E-state index is 0.00546. The summed E-state index contributed by atoms with van der Waals surface area (Å²) < 4.78 is 27.6. The molecule has 0 aliphatic heterocycles.